The number of carbonyl (C=O) groups excluding carboxylic acids is 1. The maximum atomic E-state index is 13.2. The van der Waals surface area contributed by atoms with Crippen molar-refractivity contribution in [1.82, 2.24) is 15.2 Å². The van der Waals surface area contributed by atoms with Crippen molar-refractivity contribution in [2.24, 2.45) is 0 Å². The third-order valence-electron chi connectivity index (χ3n) is 4.31. The number of pyridine rings is 1. The molecule has 31 heavy (non-hydrogen) atoms. The molecule has 2 aromatic carbocycles. The zero-order valence-corrected chi connectivity index (χ0v) is 17.9. The van der Waals surface area contributed by atoms with E-state index in [0.717, 1.165) is 11.1 Å². The van der Waals surface area contributed by atoms with Crippen LogP contribution in [-0.4, -0.2) is 28.2 Å². The molecule has 1 atom stereocenters. The summed E-state index contributed by atoms with van der Waals surface area (Å²) in [5, 5.41) is 11.1. The zero-order chi connectivity index (χ0) is 21.6. The molecule has 1 amide bonds. The van der Waals surface area contributed by atoms with Crippen LogP contribution in [0.5, 0.6) is 5.75 Å². The number of methoxy groups -OCH3 is 1. The summed E-state index contributed by atoms with van der Waals surface area (Å²) in [5.41, 5.74) is 2.11. The predicted molar refractivity (Wildman–Crippen MR) is 119 cm³/mol. The van der Waals surface area contributed by atoms with Crippen LogP contribution in [0.15, 0.2) is 82.7 Å². The Morgan fingerprint density at radius 3 is 2.58 bits per heavy atom. The van der Waals surface area contributed by atoms with E-state index in [0.29, 0.717) is 22.4 Å². The number of nitrogens with one attached hydrogen (secondary N) is 1. The molecular weight excluding hydrogens is 436 g/mol. The maximum absolute atomic E-state index is 13.2. The molecule has 0 aliphatic heterocycles. The topological polar surface area (TPSA) is 90.1 Å². The Kier molecular flexibility index (Phi) is 6.49. The van der Waals surface area contributed by atoms with Crippen molar-refractivity contribution in [3.8, 4) is 17.2 Å². The lowest BCUT2D eigenvalue weighted by Crippen LogP contribution is -2.19. The molecule has 9 heteroatoms. The number of aromatic nitrogens is 3. The van der Waals surface area contributed by atoms with Crippen LogP contribution in [-0.2, 0) is 4.79 Å². The number of nitrogens with zero attached hydrogens (tertiary/aromatic N) is 3. The molecule has 0 spiro atoms. The Morgan fingerprint density at radius 2 is 1.87 bits per heavy atom. The minimum absolute atomic E-state index is 0.249. The summed E-state index contributed by atoms with van der Waals surface area (Å²) in [6.45, 7) is 0. The van der Waals surface area contributed by atoms with Gasteiger partial charge in [0.2, 0.25) is 11.8 Å². The van der Waals surface area contributed by atoms with Crippen LogP contribution in [0.1, 0.15) is 10.8 Å². The first kappa shape index (κ1) is 20.9. The van der Waals surface area contributed by atoms with Gasteiger partial charge in [-0.1, -0.05) is 41.9 Å². The number of benzene rings is 2. The number of hydrogen-bond acceptors (Lipinski definition) is 7. The zero-order valence-electron chi connectivity index (χ0n) is 16.4. The molecule has 1 unspecified atom stereocenters. The first-order valence-corrected chi connectivity index (χ1v) is 10.5. The van der Waals surface area contributed by atoms with Crippen molar-refractivity contribution in [2.45, 2.75) is 10.5 Å². The van der Waals surface area contributed by atoms with Gasteiger partial charge < -0.3 is 14.5 Å². The molecule has 4 rings (SSSR count). The van der Waals surface area contributed by atoms with Gasteiger partial charge in [0.1, 0.15) is 11.0 Å². The highest BCUT2D eigenvalue weighted by Crippen LogP contribution is 2.37. The third kappa shape index (κ3) is 5.04. The van der Waals surface area contributed by atoms with E-state index in [2.05, 4.69) is 20.5 Å². The number of hydrogen-bond donors (Lipinski definition) is 1. The summed E-state index contributed by atoms with van der Waals surface area (Å²) >= 11 is 7.35. The predicted octanol–water partition coefficient (Wildman–Crippen LogP) is 5.27. The molecular formula is C22H17ClN4O3S. The van der Waals surface area contributed by atoms with Crippen molar-refractivity contribution >= 4 is 35.0 Å². The van der Waals surface area contributed by atoms with Crippen LogP contribution in [0.4, 0.5) is 5.69 Å². The molecule has 1 N–H and O–H groups in total. The monoisotopic (exact) mass is 452 g/mol. The van der Waals surface area contributed by atoms with E-state index in [1.54, 1.807) is 42.7 Å². The summed E-state index contributed by atoms with van der Waals surface area (Å²) in [7, 11) is 1.53. The smallest absolute Gasteiger partial charge is 0.277 e. The molecule has 0 saturated heterocycles. The largest absolute Gasteiger partial charge is 0.495 e. The van der Waals surface area contributed by atoms with Gasteiger partial charge in [-0.2, -0.15) is 0 Å². The molecule has 0 bridgehead atoms. The maximum Gasteiger partial charge on any atom is 0.277 e. The molecule has 0 radical (unpaired) electrons. The Balaban J connectivity index is 1.57. The average molecular weight is 453 g/mol. The standard InChI is InChI=1S/C22H17ClN4O3S/c1-29-18-8-7-16(13-17(18)23)25-20(28)19(14-5-3-2-4-6-14)31-22-27-26-21(30-22)15-9-11-24-12-10-15/h2-13,19H,1H3,(H,25,28). The van der Waals surface area contributed by atoms with Gasteiger partial charge in [0.25, 0.3) is 5.22 Å². The van der Waals surface area contributed by atoms with Gasteiger partial charge in [-0.05, 0) is 47.7 Å². The van der Waals surface area contributed by atoms with E-state index in [1.165, 1.54) is 18.9 Å². The number of amides is 1. The summed E-state index contributed by atoms with van der Waals surface area (Å²) in [6.07, 6.45) is 3.29. The van der Waals surface area contributed by atoms with Gasteiger partial charge >= 0.3 is 0 Å². The van der Waals surface area contributed by atoms with Crippen molar-refractivity contribution in [2.75, 3.05) is 12.4 Å². The molecule has 156 valence electrons. The summed E-state index contributed by atoms with van der Waals surface area (Å²) < 4.78 is 10.9. The first-order chi connectivity index (χ1) is 15.1. The number of carbonyl (C=O) groups is 1. The summed E-state index contributed by atoms with van der Waals surface area (Å²) in [4.78, 5) is 17.1. The molecule has 0 fully saturated rings. The van der Waals surface area contributed by atoms with Gasteiger partial charge in [0.05, 0.1) is 12.1 Å². The van der Waals surface area contributed by atoms with E-state index < -0.39 is 5.25 Å². The summed E-state index contributed by atoms with van der Waals surface area (Å²) in [6, 6.07) is 18.0. The highest BCUT2D eigenvalue weighted by molar-refractivity contribution is 8.00. The van der Waals surface area contributed by atoms with E-state index >= 15 is 0 Å². The Labute approximate surface area is 187 Å². The SMILES string of the molecule is COc1ccc(NC(=O)C(Sc2nnc(-c3ccncc3)o2)c2ccccc2)cc1Cl. The van der Waals surface area contributed by atoms with Crippen molar-refractivity contribution in [3.05, 3.63) is 83.6 Å². The number of thioether (sulfide) groups is 1. The lowest BCUT2D eigenvalue weighted by atomic mass is 10.1. The van der Waals surface area contributed by atoms with E-state index in [1.807, 2.05) is 30.3 Å². The fourth-order valence-electron chi connectivity index (χ4n) is 2.82. The summed E-state index contributed by atoms with van der Waals surface area (Å²) in [5.74, 6) is 0.642. The van der Waals surface area contributed by atoms with Crippen molar-refractivity contribution in [3.63, 3.8) is 0 Å². The van der Waals surface area contributed by atoms with Crippen LogP contribution >= 0.6 is 23.4 Å². The molecule has 0 saturated carbocycles. The Morgan fingerprint density at radius 1 is 1.10 bits per heavy atom. The normalized spacial score (nSPS) is 11.7. The van der Waals surface area contributed by atoms with Gasteiger partial charge in [-0.3, -0.25) is 9.78 Å². The van der Waals surface area contributed by atoms with Gasteiger partial charge in [-0.25, -0.2) is 0 Å². The van der Waals surface area contributed by atoms with Gasteiger partial charge in [0.15, 0.2) is 0 Å². The lowest BCUT2D eigenvalue weighted by Gasteiger charge is -2.15. The number of ether oxygens (including phenoxy) is 1. The number of rotatable bonds is 7. The minimum atomic E-state index is -0.618. The first-order valence-electron chi connectivity index (χ1n) is 9.24. The van der Waals surface area contributed by atoms with Crippen LogP contribution in [0.2, 0.25) is 5.02 Å². The minimum Gasteiger partial charge on any atom is -0.495 e. The molecule has 4 aromatic rings. The second kappa shape index (κ2) is 9.63. The van der Waals surface area contributed by atoms with Crippen LogP contribution in [0.3, 0.4) is 0 Å². The molecule has 2 aromatic heterocycles. The quantitative estimate of drug-likeness (QED) is 0.382. The van der Waals surface area contributed by atoms with Crippen LogP contribution in [0, 0.1) is 0 Å². The van der Waals surface area contributed by atoms with Crippen LogP contribution < -0.4 is 10.1 Å². The fraction of sp³-hybridized carbons (Fsp3) is 0.0909. The van der Waals surface area contributed by atoms with Crippen molar-refractivity contribution < 1.29 is 13.9 Å². The van der Waals surface area contributed by atoms with Gasteiger partial charge in [0, 0.05) is 23.6 Å². The van der Waals surface area contributed by atoms with E-state index in [-0.39, 0.29) is 11.1 Å². The second-order valence-electron chi connectivity index (χ2n) is 6.36. The lowest BCUT2D eigenvalue weighted by molar-refractivity contribution is -0.115. The fourth-order valence-corrected chi connectivity index (χ4v) is 3.96. The molecule has 7 nitrogen and oxygen atoms in total. The van der Waals surface area contributed by atoms with Gasteiger partial charge in [-0.15, -0.1) is 10.2 Å². The van der Waals surface area contributed by atoms with E-state index in [9.17, 15) is 4.79 Å². The number of halogens is 1. The highest BCUT2D eigenvalue weighted by Gasteiger charge is 2.25. The molecule has 2 heterocycles. The average Bonchev–Trinajstić information content (AvgIpc) is 3.27. The third-order valence-corrected chi connectivity index (χ3v) is 5.70. The molecule has 0 aliphatic rings. The Bertz CT molecular complexity index is 1170. The number of anilines is 1. The highest BCUT2D eigenvalue weighted by atomic mass is 35.5. The van der Waals surface area contributed by atoms with Crippen LogP contribution in [0.25, 0.3) is 11.5 Å². The van der Waals surface area contributed by atoms with Crippen molar-refractivity contribution in [1.29, 1.82) is 0 Å². The molecule has 0 aliphatic carbocycles. The van der Waals surface area contributed by atoms with E-state index in [4.69, 9.17) is 20.8 Å². The Hall–Kier alpha value is -3.36. The second-order valence-corrected chi connectivity index (χ2v) is 7.82.